The van der Waals surface area contributed by atoms with Crippen molar-refractivity contribution in [3.05, 3.63) is 66.9 Å². The molecule has 0 spiro atoms. The Morgan fingerprint density at radius 1 is 0.793 bits per heavy atom. The van der Waals surface area contributed by atoms with E-state index < -0.39 is 0 Å². The molecule has 4 nitrogen and oxygen atoms in total. The maximum Gasteiger partial charge on any atom is 0.152 e. The molecule has 2 aromatic carbocycles. The molecule has 29 heavy (non-hydrogen) atoms. The van der Waals surface area contributed by atoms with Gasteiger partial charge in [-0.3, -0.25) is 0 Å². The molecule has 0 bridgehead atoms. The lowest BCUT2D eigenvalue weighted by Crippen LogP contribution is -1.98. The fourth-order valence-corrected chi connectivity index (χ4v) is 3.32. The van der Waals surface area contributed by atoms with Crippen LogP contribution in [0, 0.1) is 0 Å². The van der Waals surface area contributed by atoms with Crippen LogP contribution in [0.15, 0.2) is 66.9 Å². The van der Waals surface area contributed by atoms with Gasteiger partial charge in [0.25, 0.3) is 0 Å². The van der Waals surface area contributed by atoms with E-state index in [1.807, 2.05) is 71.5 Å². The van der Waals surface area contributed by atoms with Crippen molar-refractivity contribution in [2.75, 3.05) is 11.9 Å². The van der Waals surface area contributed by atoms with Crippen molar-refractivity contribution in [1.82, 2.24) is 9.78 Å². The van der Waals surface area contributed by atoms with E-state index in [0.29, 0.717) is 0 Å². The standard InChI is InChI=1S/C25H33N3O/c1-2-3-4-5-6-7-8-12-21-29-24-17-15-22(16-18-24)26-25-19-20-28(27-25)23-13-10-9-11-14-23/h9-11,13-20H,2-8,12,21H2,1H3,(H,26,27). The lowest BCUT2D eigenvalue weighted by atomic mass is 10.1. The van der Waals surface area contributed by atoms with Crippen molar-refractivity contribution in [2.45, 2.75) is 58.3 Å². The van der Waals surface area contributed by atoms with E-state index in [2.05, 4.69) is 17.3 Å². The third-order valence-electron chi connectivity index (χ3n) is 5.00. The fraction of sp³-hybridized carbons (Fsp3) is 0.400. The molecule has 1 heterocycles. The summed E-state index contributed by atoms with van der Waals surface area (Å²) in [4.78, 5) is 0. The minimum Gasteiger partial charge on any atom is -0.494 e. The molecule has 0 unspecified atom stereocenters. The first-order chi connectivity index (χ1) is 14.3. The van der Waals surface area contributed by atoms with Gasteiger partial charge >= 0.3 is 0 Å². The van der Waals surface area contributed by atoms with Gasteiger partial charge in [-0.15, -0.1) is 0 Å². The summed E-state index contributed by atoms with van der Waals surface area (Å²) in [5, 5.41) is 7.91. The average Bonchev–Trinajstić information content (AvgIpc) is 3.23. The number of aromatic nitrogens is 2. The zero-order chi connectivity index (χ0) is 20.2. The van der Waals surface area contributed by atoms with Crippen molar-refractivity contribution in [3.63, 3.8) is 0 Å². The van der Waals surface area contributed by atoms with E-state index in [4.69, 9.17) is 4.74 Å². The Morgan fingerprint density at radius 2 is 1.48 bits per heavy atom. The van der Waals surface area contributed by atoms with Crippen molar-refractivity contribution in [3.8, 4) is 11.4 Å². The zero-order valence-electron chi connectivity index (χ0n) is 17.5. The van der Waals surface area contributed by atoms with Crippen LogP contribution in [0.5, 0.6) is 5.75 Å². The SMILES string of the molecule is CCCCCCCCCCOc1ccc(Nc2ccn(-c3ccccc3)n2)cc1. The number of nitrogens with one attached hydrogen (secondary N) is 1. The minimum absolute atomic E-state index is 0.795. The predicted octanol–water partition coefficient (Wildman–Crippen LogP) is 7.14. The maximum absolute atomic E-state index is 5.87. The number of para-hydroxylation sites is 1. The summed E-state index contributed by atoms with van der Waals surface area (Å²) in [5.41, 5.74) is 2.05. The summed E-state index contributed by atoms with van der Waals surface area (Å²) in [5.74, 6) is 1.75. The van der Waals surface area contributed by atoms with Crippen LogP contribution < -0.4 is 10.1 Å². The van der Waals surface area contributed by atoms with Gasteiger partial charge in [-0.1, -0.05) is 70.1 Å². The highest BCUT2D eigenvalue weighted by molar-refractivity contribution is 5.57. The van der Waals surface area contributed by atoms with Crippen molar-refractivity contribution in [2.24, 2.45) is 0 Å². The summed E-state index contributed by atoms with van der Waals surface area (Å²) >= 11 is 0. The predicted molar refractivity (Wildman–Crippen MR) is 121 cm³/mol. The molecule has 0 saturated heterocycles. The second-order valence-electron chi connectivity index (χ2n) is 7.45. The van der Waals surface area contributed by atoms with E-state index >= 15 is 0 Å². The van der Waals surface area contributed by atoms with Crippen LogP contribution in [0.3, 0.4) is 0 Å². The molecule has 1 N–H and O–H groups in total. The van der Waals surface area contributed by atoms with E-state index in [1.165, 1.54) is 44.9 Å². The normalized spacial score (nSPS) is 10.8. The van der Waals surface area contributed by atoms with Crippen LogP contribution in [-0.4, -0.2) is 16.4 Å². The molecule has 3 aromatic rings. The summed E-state index contributed by atoms with van der Waals surface area (Å²) in [6.45, 7) is 3.06. The first kappa shape index (κ1) is 21.0. The van der Waals surface area contributed by atoms with Crippen LogP contribution in [0.1, 0.15) is 58.3 Å². The molecule has 0 amide bonds. The van der Waals surface area contributed by atoms with Crippen LogP contribution in [0.2, 0.25) is 0 Å². The molecular weight excluding hydrogens is 358 g/mol. The summed E-state index contributed by atoms with van der Waals surface area (Å²) in [6.07, 6.45) is 12.5. The highest BCUT2D eigenvalue weighted by atomic mass is 16.5. The third kappa shape index (κ3) is 7.30. The molecule has 0 aliphatic carbocycles. The number of hydrogen-bond donors (Lipinski definition) is 1. The fourth-order valence-electron chi connectivity index (χ4n) is 3.32. The van der Waals surface area contributed by atoms with Gasteiger partial charge in [0.05, 0.1) is 12.3 Å². The number of unbranched alkanes of at least 4 members (excludes halogenated alkanes) is 7. The van der Waals surface area contributed by atoms with Crippen LogP contribution in [0.25, 0.3) is 5.69 Å². The zero-order valence-corrected chi connectivity index (χ0v) is 17.5. The van der Waals surface area contributed by atoms with Crippen LogP contribution >= 0.6 is 0 Å². The van der Waals surface area contributed by atoms with E-state index in [0.717, 1.165) is 36.0 Å². The van der Waals surface area contributed by atoms with Crippen molar-refractivity contribution >= 4 is 11.5 Å². The van der Waals surface area contributed by atoms with E-state index in [1.54, 1.807) is 0 Å². The largest absolute Gasteiger partial charge is 0.494 e. The van der Waals surface area contributed by atoms with Crippen molar-refractivity contribution < 1.29 is 4.74 Å². The lowest BCUT2D eigenvalue weighted by Gasteiger charge is -2.08. The molecule has 0 aliphatic heterocycles. The van der Waals surface area contributed by atoms with Gasteiger partial charge in [0.15, 0.2) is 5.82 Å². The van der Waals surface area contributed by atoms with Crippen molar-refractivity contribution in [1.29, 1.82) is 0 Å². The first-order valence-corrected chi connectivity index (χ1v) is 11.0. The topological polar surface area (TPSA) is 39.1 Å². The molecule has 0 atom stereocenters. The highest BCUT2D eigenvalue weighted by Gasteiger charge is 2.02. The maximum atomic E-state index is 5.87. The Balaban J connectivity index is 1.36. The molecule has 1 aromatic heterocycles. The molecule has 0 fully saturated rings. The number of anilines is 2. The molecule has 0 aliphatic rings. The Hall–Kier alpha value is -2.75. The summed E-state index contributed by atoms with van der Waals surface area (Å²) in [7, 11) is 0. The van der Waals surface area contributed by atoms with Gasteiger partial charge in [0.2, 0.25) is 0 Å². The first-order valence-electron chi connectivity index (χ1n) is 11.0. The molecule has 0 radical (unpaired) electrons. The summed E-state index contributed by atoms with van der Waals surface area (Å²) < 4.78 is 7.74. The monoisotopic (exact) mass is 391 g/mol. The molecule has 0 saturated carbocycles. The molecule has 154 valence electrons. The second kappa shape index (κ2) is 11.9. The number of ether oxygens (including phenoxy) is 1. The van der Waals surface area contributed by atoms with Crippen LogP contribution in [-0.2, 0) is 0 Å². The van der Waals surface area contributed by atoms with E-state index in [-0.39, 0.29) is 0 Å². The van der Waals surface area contributed by atoms with Gasteiger partial charge in [0, 0.05) is 18.0 Å². The quantitative estimate of drug-likeness (QED) is 0.315. The number of rotatable bonds is 13. The lowest BCUT2D eigenvalue weighted by molar-refractivity contribution is 0.304. The van der Waals surface area contributed by atoms with Crippen LogP contribution in [0.4, 0.5) is 11.5 Å². The Labute approximate surface area is 174 Å². The van der Waals surface area contributed by atoms with Gasteiger partial charge in [-0.25, -0.2) is 4.68 Å². The van der Waals surface area contributed by atoms with E-state index in [9.17, 15) is 0 Å². The van der Waals surface area contributed by atoms with Gasteiger partial charge in [-0.2, -0.15) is 5.10 Å². The number of benzene rings is 2. The smallest absolute Gasteiger partial charge is 0.152 e. The minimum atomic E-state index is 0.795. The molecule has 4 heteroatoms. The number of hydrogen-bond acceptors (Lipinski definition) is 3. The number of nitrogens with zero attached hydrogens (tertiary/aromatic N) is 2. The molecular formula is C25H33N3O. The summed E-state index contributed by atoms with van der Waals surface area (Å²) in [6, 6.07) is 20.2. The van der Waals surface area contributed by atoms with Gasteiger partial charge < -0.3 is 10.1 Å². The highest BCUT2D eigenvalue weighted by Crippen LogP contribution is 2.20. The Morgan fingerprint density at radius 3 is 2.21 bits per heavy atom. The Bertz CT molecular complexity index is 812. The average molecular weight is 392 g/mol. The van der Waals surface area contributed by atoms with Gasteiger partial charge in [-0.05, 0) is 42.8 Å². The van der Waals surface area contributed by atoms with Gasteiger partial charge in [0.1, 0.15) is 5.75 Å². The molecule has 3 rings (SSSR count). The second-order valence-corrected chi connectivity index (χ2v) is 7.45. The Kier molecular flexibility index (Phi) is 8.64. The third-order valence-corrected chi connectivity index (χ3v) is 5.00.